The third kappa shape index (κ3) is 3.49. The van der Waals surface area contributed by atoms with Crippen LogP contribution in [0.1, 0.15) is 45.0 Å². The predicted molar refractivity (Wildman–Crippen MR) is 138 cm³/mol. The molecular formula is C27H17ClN2O5S. The molecule has 1 aliphatic rings. The lowest BCUT2D eigenvalue weighted by Crippen LogP contribution is -2.29. The number of nitrogens with zero attached hydrogens (tertiary/aromatic N) is 2. The molecule has 0 aliphatic carbocycles. The lowest BCUT2D eigenvalue weighted by atomic mass is 9.99. The third-order valence-electron chi connectivity index (χ3n) is 6.06. The van der Waals surface area contributed by atoms with Gasteiger partial charge in [-0.25, -0.2) is 9.78 Å². The van der Waals surface area contributed by atoms with E-state index in [0.29, 0.717) is 42.5 Å². The van der Waals surface area contributed by atoms with Crippen molar-refractivity contribution in [1.29, 1.82) is 0 Å². The van der Waals surface area contributed by atoms with Gasteiger partial charge in [0.1, 0.15) is 5.58 Å². The number of para-hydroxylation sites is 1. The van der Waals surface area contributed by atoms with Gasteiger partial charge in [0.2, 0.25) is 5.76 Å². The highest BCUT2D eigenvalue weighted by molar-refractivity contribution is 7.22. The van der Waals surface area contributed by atoms with Crippen LogP contribution in [0.3, 0.4) is 0 Å². The zero-order valence-corrected chi connectivity index (χ0v) is 20.4. The molecule has 36 heavy (non-hydrogen) atoms. The van der Waals surface area contributed by atoms with Crippen molar-refractivity contribution in [3.05, 3.63) is 104 Å². The number of esters is 1. The topological polar surface area (TPSA) is 89.7 Å². The molecule has 7 nitrogen and oxygen atoms in total. The van der Waals surface area contributed by atoms with Gasteiger partial charge in [0.15, 0.2) is 10.6 Å². The van der Waals surface area contributed by atoms with Crippen molar-refractivity contribution in [2.45, 2.75) is 13.0 Å². The van der Waals surface area contributed by atoms with Gasteiger partial charge in [-0.05, 0) is 55.0 Å². The van der Waals surface area contributed by atoms with Crippen molar-refractivity contribution < 1.29 is 18.7 Å². The first-order chi connectivity index (χ1) is 17.5. The summed E-state index contributed by atoms with van der Waals surface area (Å²) in [5.41, 5.74) is 2.04. The fourth-order valence-corrected chi connectivity index (χ4v) is 5.59. The Morgan fingerprint density at radius 2 is 1.89 bits per heavy atom. The maximum absolute atomic E-state index is 13.7. The summed E-state index contributed by atoms with van der Waals surface area (Å²) in [6.45, 7) is 2.01. The SMILES string of the molecule is CCOC(=O)c1ccc2nc(N3C(=O)c4oc5ccccc5c(=O)c4[C@@H]3c3ccc(Cl)cc3)sc2c1. The van der Waals surface area contributed by atoms with E-state index in [2.05, 4.69) is 4.98 Å². The number of hydrogen-bond donors (Lipinski definition) is 0. The minimum absolute atomic E-state index is 0.00915. The Kier molecular flexibility index (Phi) is 5.35. The van der Waals surface area contributed by atoms with Gasteiger partial charge >= 0.3 is 5.97 Å². The third-order valence-corrected chi connectivity index (χ3v) is 7.33. The highest BCUT2D eigenvalue weighted by Gasteiger charge is 2.45. The number of amides is 1. The predicted octanol–water partition coefficient (Wildman–Crippen LogP) is 5.98. The van der Waals surface area contributed by atoms with E-state index >= 15 is 0 Å². The summed E-state index contributed by atoms with van der Waals surface area (Å²) >= 11 is 7.36. The maximum atomic E-state index is 13.7. The number of ether oxygens (including phenoxy) is 1. The second-order valence-corrected chi connectivity index (χ2v) is 9.64. The molecule has 0 N–H and O–H groups in total. The second-order valence-electron chi connectivity index (χ2n) is 8.20. The lowest BCUT2D eigenvalue weighted by Gasteiger charge is -2.22. The summed E-state index contributed by atoms with van der Waals surface area (Å²) in [5.74, 6) is -0.901. The molecule has 2 aromatic heterocycles. The van der Waals surface area contributed by atoms with Crippen LogP contribution in [0.25, 0.3) is 21.2 Å². The van der Waals surface area contributed by atoms with E-state index in [9.17, 15) is 14.4 Å². The summed E-state index contributed by atoms with van der Waals surface area (Å²) in [5, 5.41) is 1.31. The summed E-state index contributed by atoms with van der Waals surface area (Å²) < 4.78 is 11.8. The molecule has 3 aromatic carbocycles. The smallest absolute Gasteiger partial charge is 0.338 e. The Morgan fingerprint density at radius 3 is 2.67 bits per heavy atom. The number of rotatable bonds is 4. The highest BCUT2D eigenvalue weighted by atomic mass is 35.5. The van der Waals surface area contributed by atoms with Crippen molar-refractivity contribution in [3.8, 4) is 0 Å². The van der Waals surface area contributed by atoms with E-state index in [1.54, 1.807) is 73.7 Å². The van der Waals surface area contributed by atoms with E-state index in [1.165, 1.54) is 16.2 Å². The van der Waals surface area contributed by atoms with Crippen LogP contribution in [-0.4, -0.2) is 23.5 Å². The van der Waals surface area contributed by atoms with Crippen LogP contribution in [0, 0.1) is 0 Å². The summed E-state index contributed by atoms with van der Waals surface area (Å²) in [6.07, 6.45) is 0. The van der Waals surface area contributed by atoms with Gasteiger partial charge in [-0.3, -0.25) is 14.5 Å². The first kappa shape index (κ1) is 22.5. The number of thiazole rings is 1. The van der Waals surface area contributed by atoms with Crippen molar-refractivity contribution in [3.63, 3.8) is 0 Å². The molecule has 0 unspecified atom stereocenters. The van der Waals surface area contributed by atoms with Crippen molar-refractivity contribution in [1.82, 2.24) is 4.98 Å². The molecule has 0 fully saturated rings. The molecule has 0 radical (unpaired) electrons. The number of aromatic nitrogens is 1. The Balaban J connectivity index is 1.55. The number of carbonyl (C=O) groups is 2. The van der Waals surface area contributed by atoms with E-state index < -0.39 is 17.9 Å². The van der Waals surface area contributed by atoms with Crippen LogP contribution < -0.4 is 10.3 Å². The lowest BCUT2D eigenvalue weighted by molar-refractivity contribution is 0.0526. The number of fused-ring (bicyclic) bond motifs is 3. The molecule has 178 valence electrons. The van der Waals surface area contributed by atoms with Crippen LogP contribution in [0.15, 0.2) is 75.9 Å². The molecule has 1 aliphatic heterocycles. The van der Waals surface area contributed by atoms with Crippen LogP contribution in [0.5, 0.6) is 0 Å². The number of anilines is 1. The van der Waals surface area contributed by atoms with Gasteiger partial charge in [-0.15, -0.1) is 0 Å². The van der Waals surface area contributed by atoms with Crippen LogP contribution in [0.4, 0.5) is 5.13 Å². The largest absolute Gasteiger partial charge is 0.462 e. The monoisotopic (exact) mass is 516 g/mol. The highest BCUT2D eigenvalue weighted by Crippen LogP contribution is 2.43. The van der Waals surface area contributed by atoms with Gasteiger partial charge < -0.3 is 9.15 Å². The molecule has 0 spiro atoms. The zero-order valence-electron chi connectivity index (χ0n) is 18.9. The van der Waals surface area contributed by atoms with Gasteiger partial charge in [-0.2, -0.15) is 0 Å². The minimum Gasteiger partial charge on any atom is -0.462 e. The number of hydrogen-bond acceptors (Lipinski definition) is 7. The Morgan fingerprint density at radius 1 is 1.11 bits per heavy atom. The Bertz CT molecular complexity index is 1740. The maximum Gasteiger partial charge on any atom is 0.338 e. The van der Waals surface area contributed by atoms with Crippen LogP contribution >= 0.6 is 22.9 Å². The molecule has 9 heteroatoms. The molecule has 0 bridgehead atoms. The van der Waals surface area contributed by atoms with Crippen molar-refractivity contribution >= 4 is 61.1 Å². The minimum atomic E-state index is -0.754. The summed E-state index contributed by atoms with van der Waals surface area (Å²) in [6, 6.07) is 18.1. The first-order valence-electron chi connectivity index (χ1n) is 11.2. The fraction of sp³-hybridized carbons (Fsp3) is 0.111. The average molecular weight is 517 g/mol. The van der Waals surface area contributed by atoms with Gasteiger partial charge in [0.05, 0.1) is 39.4 Å². The standard InChI is InChI=1S/C27H17ClN2O5S/c1-2-34-26(33)15-9-12-18-20(13-15)36-27(29-18)30-22(14-7-10-16(28)11-8-14)21-23(31)17-5-3-4-6-19(17)35-24(21)25(30)32/h3-13,22H,2H2,1H3/t22-/m0/s1. The molecule has 5 aromatic rings. The molecule has 1 amide bonds. The second kappa shape index (κ2) is 8.58. The zero-order chi connectivity index (χ0) is 25.0. The molecule has 3 heterocycles. The molecular weight excluding hydrogens is 500 g/mol. The van der Waals surface area contributed by atoms with Crippen LogP contribution in [0.2, 0.25) is 5.02 Å². The molecule has 1 atom stereocenters. The molecule has 0 saturated carbocycles. The fourth-order valence-electron chi connectivity index (χ4n) is 4.43. The molecule has 0 saturated heterocycles. The van der Waals surface area contributed by atoms with Crippen molar-refractivity contribution in [2.24, 2.45) is 0 Å². The normalized spacial score (nSPS) is 15.0. The number of halogens is 1. The van der Waals surface area contributed by atoms with Crippen LogP contribution in [-0.2, 0) is 4.74 Å². The Hall–Kier alpha value is -4.01. The van der Waals surface area contributed by atoms with Gasteiger partial charge in [-0.1, -0.05) is 47.2 Å². The summed E-state index contributed by atoms with van der Waals surface area (Å²) in [7, 11) is 0. The average Bonchev–Trinajstić information content (AvgIpc) is 3.43. The number of benzene rings is 3. The van der Waals surface area contributed by atoms with E-state index in [-0.39, 0.29) is 23.4 Å². The quantitative estimate of drug-likeness (QED) is 0.273. The molecule has 6 rings (SSSR count). The number of carbonyl (C=O) groups excluding carboxylic acids is 2. The summed E-state index contributed by atoms with van der Waals surface area (Å²) in [4.78, 5) is 45.7. The van der Waals surface area contributed by atoms with Gasteiger partial charge in [0.25, 0.3) is 5.91 Å². The van der Waals surface area contributed by atoms with Crippen molar-refractivity contribution in [2.75, 3.05) is 11.5 Å². The first-order valence-corrected chi connectivity index (χ1v) is 12.4. The van der Waals surface area contributed by atoms with E-state index in [4.69, 9.17) is 20.8 Å². The van der Waals surface area contributed by atoms with E-state index in [1.807, 2.05) is 0 Å². The Labute approximate surface area is 213 Å². The van der Waals surface area contributed by atoms with Gasteiger partial charge in [0, 0.05) is 5.02 Å². The van der Waals surface area contributed by atoms with E-state index in [0.717, 1.165) is 0 Å².